The minimum Gasteiger partial charge on any atom is -0.373 e. The van der Waals surface area contributed by atoms with Crippen molar-refractivity contribution in [3.05, 3.63) is 89.5 Å². The van der Waals surface area contributed by atoms with E-state index >= 15 is 0 Å². The Labute approximate surface area is 184 Å². The van der Waals surface area contributed by atoms with Crippen LogP contribution in [0, 0.1) is 13.8 Å². The smallest absolute Gasteiger partial charge is 0.261 e. The highest BCUT2D eigenvalue weighted by atomic mass is 32.2. The second kappa shape index (κ2) is 9.66. The van der Waals surface area contributed by atoms with E-state index in [-0.39, 0.29) is 10.8 Å². The summed E-state index contributed by atoms with van der Waals surface area (Å²) in [5.41, 5.74) is 3.62. The number of hydrogen-bond donors (Lipinski definition) is 2. The molecule has 3 aromatic carbocycles. The van der Waals surface area contributed by atoms with E-state index in [1.54, 1.807) is 25.1 Å². The fraction of sp³-hybridized carbons (Fsp3) is 0.208. The molecular weight excluding hydrogens is 410 g/mol. The maximum Gasteiger partial charge on any atom is 0.261 e. The highest BCUT2D eigenvalue weighted by Gasteiger charge is 2.18. The standard InChI is InChI=1S/C24H27N3O3S/c1-18-9-12-20(13-10-18)26-31(29,30)22-14-11-19(2)23(17-22)24(28)25-15-16-27(3)21-7-5-4-6-8-21/h4-14,17,26H,15-16H2,1-3H3,(H,25,28). The molecule has 3 rings (SSSR count). The van der Waals surface area contributed by atoms with E-state index in [0.29, 0.717) is 29.9 Å². The Kier molecular flexibility index (Phi) is 6.97. The molecule has 2 N–H and O–H groups in total. The molecule has 6 nitrogen and oxygen atoms in total. The maximum absolute atomic E-state index is 12.8. The van der Waals surface area contributed by atoms with Crippen molar-refractivity contribution in [3.63, 3.8) is 0 Å². The molecule has 1 amide bonds. The predicted octanol–water partition coefficient (Wildman–Crippen LogP) is 3.97. The van der Waals surface area contributed by atoms with Gasteiger partial charge in [-0.3, -0.25) is 9.52 Å². The fourth-order valence-corrected chi connectivity index (χ4v) is 4.18. The first-order chi connectivity index (χ1) is 14.8. The highest BCUT2D eigenvalue weighted by molar-refractivity contribution is 7.92. The number of benzene rings is 3. The molecule has 0 saturated heterocycles. The minimum atomic E-state index is -3.81. The first kappa shape index (κ1) is 22.4. The third kappa shape index (κ3) is 5.86. The largest absolute Gasteiger partial charge is 0.373 e. The van der Waals surface area contributed by atoms with Gasteiger partial charge in [0, 0.05) is 37.1 Å². The summed E-state index contributed by atoms with van der Waals surface area (Å²) < 4.78 is 28.1. The normalized spacial score (nSPS) is 11.1. The average Bonchev–Trinajstić information content (AvgIpc) is 2.75. The van der Waals surface area contributed by atoms with Crippen LogP contribution >= 0.6 is 0 Å². The number of nitrogens with one attached hydrogen (secondary N) is 2. The number of anilines is 2. The molecule has 0 atom stereocenters. The molecule has 0 aliphatic rings. The Morgan fingerprint density at radius 1 is 0.935 bits per heavy atom. The van der Waals surface area contributed by atoms with Crippen LogP contribution in [0.25, 0.3) is 0 Å². The van der Waals surface area contributed by atoms with Crippen molar-refractivity contribution in [1.82, 2.24) is 5.32 Å². The van der Waals surface area contributed by atoms with Crippen LogP contribution in [0.5, 0.6) is 0 Å². The summed E-state index contributed by atoms with van der Waals surface area (Å²) in [5, 5.41) is 2.88. The lowest BCUT2D eigenvalue weighted by Gasteiger charge is -2.19. The number of hydrogen-bond acceptors (Lipinski definition) is 4. The minimum absolute atomic E-state index is 0.0465. The zero-order valence-electron chi connectivity index (χ0n) is 17.9. The van der Waals surface area contributed by atoms with E-state index in [4.69, 9.17) is 0 Å². The number of aryl methyl sites for hydroxylation is 2. The van der Waals surface area contributed by atoms with E-state index in [1.807, 2.05) is 61.3 Å². The van der Waals surface area contributed by atoms with Gasteiger partial charge in [0.15, 0.2) is 0 Å². The molecule has 0 fully saturated rings. The molecule has 0 aliphatic carbocycles. The summed E-state index contributed by atoms with van der Waals surface area (Å²) >= 11 is 0. The molecule has 0 unspecified atom stereocenters. The Morgan fingerprint density at radius 3 is 2.29 bits per heavy atom. The second-order valence-electron chi connectivity index (χ2n) is 7.46. The maximum atomic E-state index is 12.8. The molecule has 7 heteroatoms. The lowest BCUT2D eigenvalue weighted by Crippen LogP contribution is -2.33. The lowest BCUT2D eigenvalue weighted by atomic mass is 10.1. The van der Waals surface area contributed by atoms with Gasteiger partial charge in [0.05, 0.1) is 4.90 Å². The first-order valence-corrected chi connectivity index (χ1v) is 11.5. The molecule has 162 valence electrons. The Morgan fingerprint density at radius 2 is 1.61 bits per heavy atom. The van der Waals surface area contributed by atoms with Gasteiger partial charge in [0.2, 0.25) is 0 Å². The predicted molar refractivity (Wildman–Crippen MR) is 125 cm³/mol. The quantitative estimate of drug-likeness (QED) is 0.559. The van der Waals surface area contributed by atoms with Crippen molar-refractivity contribution in [2.24, 2.45) is 0 Å². The topological polar surface area (TPSA) is 78.5 Å². The zero-order valence-corrected chi connectivity index (χ0v) is 18.7. The van der Waals surface area contributed by atoms with Crippen LogP contribution in [0.4, 0.5) is 11.4 Å². The first-order valence-electron chi connectivity index (χ1n) is 10.0. The lowest BCUT2D eigenvalue weighted by molar-refractivity contribution is 0.0954. The average molecular weight is 438 g/mol. The number of para-hydroxylation sites is 1. The zero-order chi connectivity index (χ0) is 22.4. The Bertz CT molecular complexity index is 1140. The second-order valence-corrected chi connectivity index (χ2v) is 9.14. The van der Waals surface area contributed by atoms with Crippen LogP contribution in [-0.4, -0.2) is 34.5 Å². The van der Waals surface area contributed by atoms with E-state index in [9.17, 15) is 13.2 Å². The van der Waals surface area contributed by atoms with Gasteiger partial charge in [-0.15, -0.1) is 0 Å². The molecule has 3 aromatic rings. The molecule has 0 radical (unpaired) electrons. The Balaban J connectivity index is 1.68. The number of sulfonamides is 1. The molecular formula is C24H27N3O3S. The van der Waals surface area contributed by atoms with Gasteiger partial charge in [-0.05, 0) is 55.8 Å². The summed E-state index contributed by atoms with van der Waals surface area (Å²) in [6.45, 7) is 4.78. The molecule has 0 saturated carbocycles. The van der Waals surface area contributed by atoms with Crippen molar-refractivity contribution in [2.75, 3.05) is 29.8 Å². The van der Waals surface area contributed by atoms with Crippen molar-refractivity contribution in [3.8, 4) is 0 Å². The van der Waals surface area contributed by atoms with Crippen molar-refractivity contribution in [1.29, 1.82) is 0 Å². The van der Waals surface area contributed by atoms with Gasteiger partial charge >= 0.3 is 0 Å². The molecule has 31 heavy (non-hydrogen) atoms. The molecule has 0 spiro atoms. The van der Waals surface area contributed by atoms with E-state index in [2.05, 4.69) is 10.0 Å². The summed E-state index contributed by atoms with van der Waals surface area (Å²) in [7, 11) is -1.85. The number of carbonyl (C=O) groups is 1. The highest BCUT2D eigenvalue weighted by Crippen LogP contribution is 2.20. The van der Waals surface area contributed by atoms with Gasteiger partial charge in [-0.25, -0.2) is 8.42 Å². The number of carbonyl (C=O) groups excluding carboxylic acids is 1. The monoisotopic (exact) mass is 437 g/mol. The van der Waals surface area contributed by atoms with Gasteiger partial charge in [0.1, 0.15) is 0 Å². The van der Waals surface area contributed by atoms with E-state index < -0.39 is 10.0 Å². The van der Waals surface area contributed by atoms with Crippen LogP contribution in [0.15, 0.2) is 77.7 Å². The summed E-state index contributed by atoms with van der Waals surface area (Å²) in [4.78, 5) is 14.8. The third-order valence-corrected chi connectivity index (χ3v) is 6.38. The summed E-state index contributed by atoms with van der Waals surface area (Å²) in [6, 6.07) is 21.5. The fourth-order valence-electron chi connectivity index (χ4n) is 3.09. The summed E-state index contributed by atoms with van der Waals surface area (Å²) in [6.07, 6.45) is 0. The van der Waals surface area contributed by atoms with E-state index in [1.165, 1.54) is 12.1 Å². The van der Waals surface area contributed by atoms with Gasteiger partial charge in [0.25, 0.3) is 15.9 Å². The molecule has 0 aromatic heterocycles. The molecule has 0 bridgehead atoms. The van der Waals surface area contributed by atoms with Crippen LogP contribution in [-0.2, 0) is 10.0 Å². The van der Waals surface area contributed by atoms with Crippen LogP contribution in [0.3, 0.4) is 0 Å². The van der Waals surface area contributed by atoms with Gasteiger partial charge in [-0.1, -0.05) is 42.0 Å². The molecule has 0 heterocycles. The van der Waals surface area contributed by atoms with Crippen LogP contribution in [0.1, 0.15) is 21.5 Å². The van der Waals surface area contributed by atoms with Crippen molar-refractivity contribution >= 4 is 27.3 Å². The number of likely N-dealkylation sites (N-methyl/N-ethyl adjacent to an activating group) is 1. The van der Waals surface area contributed by atoms with Crippen LogP contribution in [0.2, 0.25) is 0 Å². The Hall–Kier alpha value is -3.32. The van der Waals surface area contributed by atoms with E-state index in [0.717, 1.165) is 11.3 Å². The summed E-state index contributed by atoms with van der Waals surface area (Å²) in [5.74, 6) is -0.300. The SMILES string of the molecule is Cc1ccc(NS(=O)(=O)c2ccc(C)c(C(=O)NCCN(C)c3ccccc3)c2)cc1. The number of rotatable bonds is 8. The number of nitrogens with zero attached hydrogens (tertiary/aromatic N) is 1. The third-order valence-electron chi connectivity index (χ3n) is 5.00. The molecule has 0 aliphatic heterocycles. The van der Waals surface area contributed by atoms with Gasteiger partial charge in [-0.2, -0.15) is 0 Å². The van der Waals surface area contributed by atoms with Crippen molar-refractivity contribution in [2.45, 2.75) is 18.7 Å². The van der Waals surface area contributed by atoms with Crippen LogP contribution < -0.4 is 14.9 Å². The van der Waals surface area contributed by atoms with Crippen molar-refractivity contribution < 1.29 is 13.2 Å². The number of amides is 1. The van der Waals surface area contributed by atoms with Gasteiger partial charge < -0.3 is 10.2 Å².